The van der Waals surface area contributed by atoms with Gasteiger partial charge in [0.05, 0.1) is 4.88 Å². The number of hydrogen-bond acceptors (Lipinski definition) is 3. The highest BCUT2D eigenvalue weighted by molar-refractivity contribution is 7.14. The number of fused-ring (bicyclic) bond motifs is 1. The highest BCUT2D eigenvalue weighted by Gasteiger charge is 2.29. The molecular weight excluding hydrogens is 332 g/mol. The molecule has 2 aliphatic carbocycles. The zero-order valence-electron chi connectivity index (χ0n) is 15.5. The monoisotopic (exact) mass is 362 g/mol. The number of aryl methyl sites for hydroxylation is 1. The maximum atomic E-state index is 12.6. The lowest BCUT2D eigenvalue weighted by Gasteiger charge is -2.27. The minimum Gasteiger partial charge on any atom is -0.353 e. The van der Waals surface area contributed by atoms with E-state index in [-0.39, 0.29) is 17.7 Å². The Morgan fingerprint density at radius 1 is 1.16 bits per heavy atom. The fraction of sp³-hybridized carbons (Fsp3) is 0.700. The van der Waals surface area contributed by atoms with E-state index in [2.05, 4.69) is 5.32 Å². The van der Waals surface area contributed by atoms with E-state index >= 15 is 0 Å². The van der Waals surface area contributed by atoms with E-state index in [1.807, 2.05) is 24.8 Å². The zero-order chi connectivity index (χ0) is 17.8. The second kappa shape index (κ2) is 8.35. The van der Waals surface area contributed by atoms with E-state index in [4.69, 9.17) is 0 Å². The van der Waals surface area contributed by atoms with E-state index in [0.717, 1.165) is 50.1 Å². The fourth-order valence-electron chi connectivity index (χ4n) is 4.09. The largest absolute Gasteiger partial charge is 0.353 e. The third-order valence-corrected chi connectivity index (χ3v) is 6.89. The van der Waals surface area contributed by atoms with Gasteiger partial charge in [-0.1, -0.05) is 19.3 Å². The van der Waals surface area contributed by atoms with Gasteiger partial charge in [-0.05, 0) is 57.6 Å². The maximum Gasteiger partial charge on any atom is 0.263 e. The molecule has 4 nitrogen and oxygen atoms in total. The van der Waals surface area contributed by atoms with Crippen LogP contribution in [0.15, 0.2) is 6.07 Å². The Morgan fingerprint density at radius 3 is 2.56 bits per heavy atom. The standard InChI is InChI=1S/C20H30N2O2S/c1-3-22(4-2)20(24)18-13-15-12-14(10-11-17(15)25-18)19(23)21-16-8-6-5-7-9-16/h13-14,16H,3-12H2,1-2H3,(H,21,23)/t14-/m0/s1. The van der Waals surface area contributed by atoms with E-state index in [0.29, 0.717) is 6.04 Å². The van der Waals surface area contributed by atoms with Crippen LogP contribution in [-0.2, 0) is 17.6 Å². The normalized spacial score (nSPS) is 20.8. The lowest BCUT2D eigenvalue weighted by Crippen LogP contribution is -2.41. The van der Waals surface area contributed by atoms with Crippen LogP contribution in [0, 0.1) is 5.92 Å². The van der Waals surface area contributed by atoms with Gasteiger partial charge in [0.15, 0.2) is 0 Å². The summed E-state index contributed by atoms with van der Waals surface area (Å²) in [4.78, 5) is 29.2. The average Bonchev–Trinajstić information content (AvgIpc) is 3.06. The Labute approximate surface area is 155 Å². The van der Waals surface area contributed by atoms with Crippen molar-refractivity contribution in [1.29, 1.82) is 0 Å². The molecule has 0 spiro atoms. The van der Waals surface area contributed by atoms with Crippen molar-refractivity contribution in [2.75, 3.05) is 13.1 Å². The minimum absolute atomic E-state index is 0.0698. The Bertz CT molecular complexity index is 615. The Morgan fingerprint density at radius 2 is 1.88 bits per heavy atom. The molecule has 138 valence electrons. The number of carbonyl (C=O) groups is 2. The summed E-state index contributed by atoms with van der Waals surface area (Å²) in [5.41, 5.74) is 1.22. The number of amides is 2. The van der Waals surface area contributed by atoms with Gasteiger partial charge in [0.2, 0.25) is 5.91 Å². The molecule has 1 aromatic rings. The van der Waals surface area contributed by atoms with Crippen LogP contribution in [0.25, 0.3) is 0 Å². The zero-order valence-corrected chi connectivity index (χ0v) is 16.3. The van der Waals surface area contributed by atoms with Gasteiger partial charge in [-0.3, -0.25) is 9.59 Å². The first-order chi connectivity index (χ1) is 12.1. The quantitative estimate of drug-likeness (QED) is 0.866. The molecule has 5 heteroatoms. The van der Waals surface area contributed by atoms with Gasteiger partial charge >= 0.3 is 0 Å². The van der Waals surface area contributed by atoms with Gasteiger partial charge in [0.25, 0.3) is 5.91 Å². The van der Waals surface area contributed by atoms with Crippen LogP contribution in [0.2, 0.25) is 0 Å². The first-order valence-electron chi connectivity index (χ1n) is 9.83. The van der Waals surface area contributed by atoms with E-state index in [1.165, 1.54) is 29.7 Å². The molecule has 1 N–H and O–H groups in total. The van der Waals surface area contributed by atoms with E-state index < -0.39 is 0 Å². The molecule has 1 heterocycles. The van der Waals surface area contributed by atoms with Crippen LogP contribution in [0.1, 0.15) is 72.5 Å². The summed E-state index contributed by atoms with van der Waals surface area (Å²) in [6.07, 6.45) is 8.66. The van der Waals surface area contributed by atoms with Crippen LogP contribution in [0.3, 0.4) is 0 Å². The van der Waals surface area contributed by atoms with Crippen LogP contribution in [-0.4, -0.2) is 35.8 Å². The number of nitrogens with one attached hydrogen (secondary N) is 1. The summed E-state index contributed by atoms with van der Waals surface area (Å²) in [7, 11) is 0. The average molecular weight is 363 g/mol. The highest BCUT2D eigenvalue weighted by atomic mass is 32.1. The Kier molecular flexibility index (Phi) is 6.15. The second-order valence-corrected chi connectivity index (χ2v) is 8.46. The molecular formula is C20H30N2O2S. The number of rotatable bonds is 5. The molecule has 2 amide bonds. The van der Waals surface area contributed by atoms with Crippen molar-refractivity contribution in [2.45, 2.75) is 71.3 Å². The smallest absolute Gasteiger partial charge is 0.263 e. The molecule has 3 rings (SSSR count). The molecule has 2 aliphatic rings. The van der Waals surface area contributed by atoms with Gasteiger partial charge in [-0.2, -0.15) is 0 Å². The second-order valence-electron chi connectivity index (χ2n) is 7.32. The lowest BCUT2D eigenvalue weighted by molar-refractivity contribution is -0.126. The Hall–Kier alpha value is -1.36. The van der Waals surface area contributed by atoms with Crippen molar-refractivity contribution in [3.63, 3.8) is 0 Å². The van der Waals surface area contributed by atoms with Crippen LogP contribution in [0.5, 0.6) is 0 Å². The third kappa shape index (κ3) is 4.25. The number of carbonyl (C=O) groups excluding carboxylic acids is 2. The summed E-state index contributed by atoms with van der Waals surface area (Å²) >= 11 is 1.63. The molecule has 1 aromatic heterocycles. The summed E-state index contributed by atoms with van der Waals surface area (Å²) in [5.74, 6) is 0.424. The predicted molar refractivity (Wildman–Crippen MR) is 102 cm³/mol. The topological polar surface area (TPSA) is 49.4 Å². The summed E-state index contributed by atoms with van der Waals surface area (Å²) < 4.78 is 0. The van der Waals surface area contributed by atoms with Crippen molar-refractivity contribution >= 4 is 23.2 Å². The highest BCUT2D eigenvalue weighted by Crippen LogP contribution is 2.33. The fourth-order valence-corrected chi connectivity index (χ4v) is 5.26. The molecule has 1 fully saturated rings. The summed E-state index contributed by atoms with van der Waals surface area (Å²) in [6, 6.07) is 2.42. The molecule has 0 saturated heterocycles. The minimum atomic E-state index is 0.0698. The van der Waals surface area contributed by atoms with Gasteiger partial charge in [-0.15, -0.1) is 11.3 Å². The van der Waals surface area contributed by atoms with E-state index in [9.17, 15) is 9.59 Å². The van der Waals surface area contributed by atoms with Gasteiger partial charge in [0, 0.05) is 29.9 Å². The van der Waals surface area contributed by atoms with Crippen LogP contribution in [0.4, 0.5) is 0 Å². The first kappa shape index (κ1) is 18.4. The maximum absolute atomic E-state index is 12.6. The van der Waals surface area contributed by atoms with Crippen molar-refractivity contribution in [1.82, 2.24) is 10.2 Å². The summed E-state index contributed by atoms with van der Waals surface area (Å²) in [6.45, 7) is 5.51. The van der Waals surface area contributed by atoms with Gasteiger partial charge in [-0.25, -0.2) is 0 Å². The van der Waals surface area contributed by atoms with Crippen molar-refractivity contribution in [3.05, 3.63) is 21.4 Å². The SMILES string of the molecule is CCN(CC)C(=O)c1cc2c(s1)CC[C@H](C(=O)NC1CCCCC1)C2. The van der Waals surface area contributed by atoms with Crippen molar-refractivity contribution in [2.24, 2.45) is 5.92 Å². The first-order valence-corrected chi connectivity index (χ1v) is 10.6. The molecule has 0 unspecified atom stereocenters. The van der Waals surface area contributed by atoms with Gasteiger partial charge in [0.1, 0.15) is 0 Å². The molecule has 0 radical (unpaired) electrons. The summed E-state index contributed by atoms with van der Waals surface area (Å²) in [5, 5.41) is 3.27. The lowest BCUT2D eigenvalue weighted by atomic mass is 9.87. The molecule has 0 bridgehead atoms. The van der Waals surface area contributed by atoms with E-state index in [1.54, 1.807) is 11.3 Å². The number of nitrogens with zero attached hydrogens (tertiary/aromatic N) is 1. The molecule has 1 saturated carbocycles. The van der Waals surface area contributed by atoms with Crippen LogP contribution < -0.4 is 5.32 Å². The van der Waals surface area contributed by atoms with Crippen molar-refractivity contribution < 1.29 is 9.59 Å². The third-order valence-electron chi connectivity index (χ3n) is 5.67. The van der Waals surface area contributed by atoms with Crippen molar-refractivity contribution in [3.8, 4) is 0 Å². The molecule has 25 heavy (non-hydrogen) atoms. The van der Waals surface area contributed by atoms with Crippen LogP contribution >= 0.6 is 11.3 Å². The molecule has 0 aliphatic heterocycles. The molecule has 0 aromatic carbocycles. The molecule has 1 atom stereocenters. The number of hydrogen-bond donors (Lipinski definition) is 1. The van der Waals surface area contributed by atoms with Gasteiger partial charge < -0.3 is 10.2 Å². The Balaban J connectivity index is 1.63. The number of thiophene rings is 1. The predicted octanol–water partition coefficient (Wildman–Crippen LogP) is 3.78.